The molecule has 1 N–H and O–H groups in total. The number of imidazole rings is 1. The molecule has 1 atom stereocenters. The van der Waals surface area contributed by atoms with Gasteiger partial charge in [-0.1, -0.05) is 42.5 Å². The molecule has 1 aromatic heterocycles. The minimum atomic E-state index is -0.00856. The number of rotatable bonds is 4. The number of carbonyl (C=O) groups is 2. The van der Waals surface area contributed by atoms with E-state index in [9.17, 15) is 9.59 Å². The van der Waals surface area contributed by atoms with Crippen LogP contribution in [0.4, 0.5) is 0 Å². The van der Waals surface area contributed by atoms with E-state index < -0.39 is 0 Å². The minimum Gasteiger partial charge on any atom is -0.342 e. The third-order valence-electron chi connectivity index (χ3n) is 6.65. The first kappa shape index (κ1) is 19.8. The van der Waals surface area contributed by atoms with E-state index in [2.05, 4.69) is 4.98 Å². The molecule has 2 aliphatic heterocycles. The van der Waals surface area contributed by atoms with Gasteiger partial charge in [-0.25, -0.2) is 4.98 Å². The van der Waals surface area contributed by atoms with Gasteiger partial charge in [0.05, 0.1) is 23.5 Å². The number of aromatic amines is 1. The van der Waals surface area contributed by atoms with Gasteiger partial charge in [-0.2, -0.15) is 0 Å². The van der Waals surface area contributed by atoms with Gasteiger partial charge >= 0.3 is 0 Å². The molecule has 0 aliphatic carbocycles. The van der Waals surface area contributed by atoms with Crippen molar-refractivity contribution in [2.24, 2.45) is 5.92 Å². The van der Waals surface area contributed by atoms with Gasteiger partial charge in [0.15, 0.2) is 0 Å². The topological polar surface area (TPSA) is 69.3 Å². The van der Waals surface area contributed by atoms with Crippen LogP contribution < -0.4 is 0 Å². The standard InChI is InChI=1S/C25H28N4O2/c30-23(17-18-7-2-1-3-8-18)28-15-12-19(13-16-28)25(31)29-14-6-11-22(29)24-26-20-9-4-5-10-21(20)27-24/h1-5,7-10,19,22H,6,11-17H2,(H,26,27). The summed E-state index contributed by atoms with van der Waals surface area (Å²) in [6.07, 6.45) is 3.85. The maximum absolute atomic E-state index is 13.3. The van der Waals surface area contributed by atoms with Crippen molar-refractivity contribution in [2.45, 2.75) is 38.1 Å². The summed E-state index contributed by atoms with van der Waals surface area (Å²) in [7, 11) is 0. The van der Waals surface area contributed by atoms with Crippen LogP contribution in [0.1, 0.15) is 43.1 Å². The number of piperidine rings is 1. The van der Waals surface area contributed by atoms with E-state index >= 15 is 0 Å². The van der Waals surface area contributed by atoms with Crippen LogP contribution in [-0.4, -0.2) is 51.2 Å². The predicted octanol–water partition coefficient (Wildman–Crippen LogP) is 3.71. The van der Waals surface area contributed by atoms with Crippen molar-refractivity contribution in [1.29, 1.82) is 0 Å². The Kier molecular flexibility index (Phi) is 5.45. The highest BCUT2D eigenvalue weighted by atomic mass is 16.2. The molecule has 2 aliphatic rings. The normalized spacial score (nSPS) is 19.8. The van der Waals surface area contributed by atoms with Crippen molar-refractivity contribution in [3.63, 3.8) is 0 Å². The van der Waals surface area contributed by atoms with Crippen molar-refractivity contribution in [3.05, 3.63) is 66.0 Å². The van der Waals surface area contributed by atoms with Gasteiger partial charge in [0.25, 0.3) is 0 Å². The Balaban J connectivity index is 1.21. The molecule has 2 aromatic carbocycles. The first-order valence-electron chi connectivity index (χ1n) is 11.3. The van der Waals surface area contributed by atoms with E-state index in [0.717, 1.165) is 54.6 Å². The average molecular weight is 417 g/mol. The number of likely N-dealkylation sites (tertiary alicyclic amines) is 2. The van der Waals surface area contributed by atoms with E-state index in [1.54, 1.807) is 0 Å². The van der Waals surface area contributed by atoms with Gasteiger partial charge < -0.3 is 14.8 Å². The van der Waals surface area contributed by atoms with Crippen molar-refractivity contribution >= 4 is 22.8 Å². The number of amides is 2. The largest absolute Gasteiger partial charge is 0.342 e. The zero-order valence-electron chi connectivity index (χ0n) is 17.7. The van der Waals surface area contributed by atoms with Crippen LogP contribution in [0.2, 0.25) is 0 Å². The van der Waals surface area contributed by atoms with E-state index in [1.807, 2.05) is 64.4 Å². The van der Waals surface area contributed by atoms with Gasteiger partial charge in [0.2, 0.25) is 11.8 Å². The maximum Gasteiger partial charge on any atom is 0.226 e. The Bertz CT molecular complexity index is 1040. The number of carbonyl (C=O) groups excluding carboxylic acids is 2. The molecule has 6 heteroatoms. The third kappa shape index (κ3) is 4.07. The lowest BCUT2D eigenvalue weighted by Gasteiger charge is -2.34. The van der Waals surface area contributed by atoms with Crippen LogP contribution in [0.5, 0.6) is 0 Å². The zero-order valence-corrected chi connectivity index (χ0v) is 17.7. The molecule has 31 heavy (non-hydrogen) atoms. The van der Waals surface area contributed by atoms with Crippen LogP contribution in [-0.2, 0) is 16.0 Å². The van der Waals surface area contributed by atoms with Gasteiger partial charge in [-0.3, -0.25) is 9.59 Å². The molecule has 5 rings (SSSR count). The van der Waals surface area contributed by atoms with Crippen molar-refractivity contribution < 1.29 is 9.59 Å². The molecule has 1 unspecified atom stereocenters. The summed E-state index contributed by atoms with van der Waals surface area (Å²) in [5, 5.41) is 0. The van der Waals surface area contributed by atoms with Crippen LogP contribution in [0, 0.1) is 5.92 Å². The van der Waals surface area contributed by atoms with Gasteiger partial charge in [0, 0.05) is 25.6 Å². The van der Waals surface area contributed by atoms with Crippen LogP contribution in [0.15, 0.2) is 54.6 Å². The summed E-state index contributed by atoms with van der Waals surface area (Å²) in [5.74, 6) is 1.25. The average Bonchev–Trinajstić information content (AvgIpc) is 3.46. The summed E-state index contributed by atoms with van der Waals surface area (Å²) in [4.78, 5) is 38.1. The second-order valence-electron chi connectivity index (χ2n) is 8.65. The summed E-state index contributed by atoms with van der Waals surface area (Å²) in [6, 6.07) is 17.9. The number of fused-ring (bicyclic) bond motifs is 1. The molecule has 3 heterocycles. The summed E-state index contributed by atoms with van der Waals surface area (Å²) >= 11 is 0. The zero-order chi connectivity index (χ0) is 21.2. The molecule has 0 radical (unpaired) electrons. The van der Waals surface area contributed by atoms with Crippen LogP contribution in [0.25, 0.3) is 11.0 Å². The Morgan fingerprint density at radius 2 is 1.68 bits per heavy atom. The number of H-pyrrole nitrogens is 1. The molecule has 2 amide bonds. The molecule has 160 valence electrons. The third-order valence-corrected chi connectivity index (χ3v) is 6.65. The van der Waals surface area contributed by atoms with Crippen LogP contribution in [0.3, 0.4) is 0 Å². The fourth-order valence-corrected chi connectivity index (χ4v) is 4.94. The molecule has 3 aromatic rings. The number of hydrogen-bond donors (Lipinski definition) is 1. The Morgan fingerprint density at radius 3 is 2.45 bits per heavy atom. The molecule has 0 saturated carbocycles. The lowest BCUT2D eigenvalue weighted by Crippen LogP contribution is -2.44. The number of nitrogens with zero attached hydrogens (tertiary/aromatic N) is 3. The van der Waals surface area contributed by atoms with Crippen molar-refractivity contribution in [3.8, 4) is 0 Å². The smallest absolute Gasteiger partial charge is 0.226 e. The number of aromatic nitrogens is 2. The second kappa shape index (κ2) is 8.53. The molecule has 2 fully saturated rings. The summed E-state index contributed by atoms with van der Waals surface area (Å²) in [5.41, 5.74) is 3.00. The lowest BCUT2D eigenvalue weighted by molar-refractivity contribution is -0.141. The number of benzene rings is 2. The highest BCUT2D eigenvalue weighted by Crippen LogP contribution is 2.34. The van der Waals surface area contributed by atoms with E-state index in [4.69, 9.17) is 4.98 Å². The van der Waals surface area contributed by atoms with Crippen molar-refractivity contribution in [2.75, 3.05) is 19.6 Å². The maximum atomic E-state index is 13.3. The van der Waals surface area contributed by atoms with E-state index in [-0.39, 0.29) is 23.8 Å². The predicted molar refractivity (Wildman–Crippen MR) is 119 cm³/mol. The number of para-hydroxylation sites is 2. The highest BCUT2D eigenvalue weighted by Gasteiger charge is 2.37. The molecule has 0 bridgehead atoms. The Labute approximate surface area is 182 Å². The quantitative estimate of drug-likeness (QED) is 0.705. The van der Waals surface area contributed by atoms with Gasteiger partial charge in [-0.15, -0.1) is 0 Å². The first-order valence-corrected chi connectivity index (χ1v) is 11.3. The molecular formula is C25H28N4O2. The SMILES string of the molecule is O=C(Cc1ccccc1)N1CCC(C(=O)N2CCCC2c2nc3ccccc3[nH]2)CC1. The summed E-state index contributed by atoms with van der Waals surface area (Å²) in [6.45, 7) is 2.10. The highest BCUT2D eigenvalue weighted by molar-refractivity contribution is 5.82. The second-order valence-corrected chi connectivity index (χ2v) is 8.65. The Morgan fingerprint density at radius 1 is 0.935 bits per heavy atom. The molecule has 6 nitrogen and oxygen atoms in total. The lowest BCUT2D eigenvalue weighted by atomic mass is 9.94. The fraction of sp³-hybridized carbons (Fsp3) is 0.400. The van der Waals surface area contributed by atoms with Crippen molar-refractivity contribution in [1.82, 2.24) is 19.8 Å². The summed E-state index contributed by atoms with van der Waals surface area (Å²) < 4.78 is 0. The minimum absolute atomic E-state index is 0.00856. The number of hydrogen-bond acceptors (Lipinski definition) is 3. The molecule has 0 spiro atoms. The molecule has 2 saturated heterocycles. The Hall–Kier alpha value is -3.15. The number of nitrogens with one attached hydrogen (secondary N) is 1. The van der Waals surface area contributed by atoms with Gasteiger partial charge in [0.1, 0.15) is 5.82 Å². The first-order chi connectivity index (χ1) is 15.2. The fourth-order valence-electron chi connectivity index (χ4n) is 4.94. The van der Waals surface area contributed by atoms with E-state index in [1.165, 1.54) is 0 Å². The van der Waals surface area contributed by atoms with Gasteiger partial charge in [-0.05, 0) is 43.4 Å². The monoisotopic (exact) mass is 416 g/mol. The van der Waals surface area contributed by atoms with Crippen LogP contribution >= 0.6 is 0 Å². The molecular weight excluding hydrogens is 388 g/mol. The van der Waals surface area contributed by atoms with E-state index in [0.29, 0.717) is 19.5 Å².